The zero-order valence-corrected chi connectivity index (χ0v) is 18.1. The standard InChI is InChI=1S/C18H14Cl6O2/c1-2-3-9-18(24,10-7-5-4-6-8-10)17(25)26-16-14(22)12(20)11(19)13(21)15(16)23/h4-8H,2-3,9H2,1H3/t18-/m0/s1. The van der Waals surface area contributed by atoms with Gasteiger partial charge in [0.25, 0.3) is 0 Å². The summed E-state index contributed by atoms with van der Waals surface area (Å²) >= 11 is 37.0. The van der Waals surface area contributed by atoms with Crippen molar-refractivity contribution in [1.82, 2.24) is 0 Å². The van der Waals surface area contributed by atoms with Gasteiger partial charge in [-0.2, -0.15) is 0 Å². The molecule has 0 aliphatic carbocycles. The molecule has 0 radical (unpaired) electrons. The normalized spacial score (nSPS) is 13.3. The second-order valence-electron chi connectivity index (χ2n) is 5.56. The lowest BCUT2D eigenvalue weighted by atomic mass is 9.92. The van der Waals surface area contributed by atoms with Gasteiger partial charge in [0.1, 0.15) is 10.0 Å². The number of alkyl halides is 1. The quantitative estimate of drug-likeness (QED) is 0.139. The Labute approximate surface area is 182 Å². The molecule has 0 unspecified atom stereocenters. The molecule has 140 valence electrons. The van der Waals surface area contributed by atoms with E-state index in [9.17, 15) is 4.79 Å². The van der Waals surface area contributed by atoms with Gasteiger partial charge >= 0.3 is 5.97 Å². The zero-order valence-electron chi connectivity index (χ0n) is 13.6. The SMILES string of the molecule is CCCC[C@@](Cl)(C(=O)Oc1c(Cl)c(Cl)c(Cl)c(Cl)c1Cl)c1ccccc1. The lowest BCUT2D eigenvalue weighted by Gasteiger charge is -2.26. The Kier molecular flexibility index (Phi) is 7.79. The second kappa shape index (κ2) is 9.23. The van der Waals surface area contributed by atoms with Crippen LogP contribution in [0.25, 0.3) is 0 Å². The van der Waals surface area contributed by atoms with Crippen LogP contribution in [0.4, 0.5) is 0 Å². The van der Waals surface area contributed by atoms with Gasteiger partial charge in [-0.05, 0) is 12.0 Å². The predicted octanol–water partition coefficient (Wildman–Crippen LogP) is 8.18. The predicted molar refractivity (Wildman–Crippen MR) is 111 cm³/mol. The van der Waals surface area contributed by atoms with E-state index in [-0.39, 0.29) is 30.9 Å². The summed E-state index contributed by atoms with van der Waals surface area (Å²) in [7, 11) is 0. The molecule has 2 rings (SSSR count). The summed E-state index contributed by atoms with van der Waals surface area (Å²) in [5, 5.41) is -0.351. The van der Waals surface area contributed by atoms with Crippen molar-refractivity contribution in [3.8, 4) is 5.75 Å². The Morgan fingerprint density at radius 3 is 1.92 bits per heavy atom. The fourth-order valence-electron chi connectivity index (χ4n) is 2.33. The third kappa shape index (κ3) is 4.38. The van der Waals surface area contributed by atoms with Gasteiger partial charge in [0.05, 0.1) is 15.1 Å². The Hall–Kier alpha value is -0.350. The number of rotatable bonds is 6. The summed E-state index contributed by atoms with van der Waals surface area (Å²) in [5.74, 6) is -0.896. The second-order valence-corrected chi connectivity index (χ2v) is 8.09. The number of carbonyl (C=O) groups is 1. The van der Waals surface area contributed by atoms with Gasteiger partial charge in [-0.25, -0.2) is 4.79 Å². The first-order chi connectivity index (χ1) is 12.2. The summed E-state index contributed by atoms with van der Waals surface area (Å²) in [6.07, 6.45) is 1.95. The van der Waals surface area contributed by atoms with Crippen molar-refractivity contribution in [1.29, 1.82) is 0 Å². The highest BCUT2D eigenvalue weighted by Gasteiger charge is 2.40. The molecule has 0 amide bonds. The highest BCUT2D eigenvalue weighted by atomic mass is 35.5. The van der Waals surface area contributed by atoms with Crippen LogP contribution in [0.15, 0.2) is 30.3 Å². The number of ether oxygens (including phenoxy) is 1. The van der Waals surface area contributed by atoms with Crippen LogP contribution in [-0.4, -0.2) is 5.97 Å². The Morgan fingerprint density at radius 2 is 1.42 bits per heavy atom. The van der Waals surface area contributed by atoms with Gasteiger partial charge in [-0.1, -0.05) is 108 Å². The molecule has 0 heterocycles. The topological polar surface area (TPSA) is 26.3 Å². The molecule has 0 N–H and O–H groups in total. The minimum Gasteiger partial charge on any atom is -0.422 e. The van der Waals surface area contributed by atoms with Crippen LogP contribution in [0.3, 0.4) is 0 Å². The van der Waals surface area contributed by atoms with Crippen molar-refractivity contribution in [2.24, 2.45) is 0 Å². The van der Waals surface area contributed by atoms with Gasteiger partial charge in [0.15, 0.2) is 10.6 Å². The molecule has 0 aromatic heterocycles. The minimum absolute atomic E-state index is 0.0192. The van der Waals surface area contributed by atoms with Gasteiger partial charge in [-0.3, -0.25) is 0 Å². The van der Waals surface area contributed by atoms with Crippen LogP contribution in [0.5, 0.6) is 5.75 Å². The maximum atomic E-state index is 13.0. The molecular formula is C18H14Cl6O2. The highest BCUT2D eigenvalue weighted by Crippen LogP contribution is 2.49. The molecular weight excluding hydrogens is 461 g/mol. The van der Waals surface area contributed by atoms with Crippen LogP contribution in [0, 0.1) is 0 Å². The molecule has 0 saturated heterocycles. The van der Waals surface area contributed by atoms with Gasteiger partial charge in [0, 0.05) is 0 Å². The van der Waals surface area contributed by atoms with Gasteiger partial charge < -0.3 is 4.74 Å². The third-order valence-electron chi connectivity index (χ3n) is 3.79. The highest BCUT2D eigenvalue weighted by molar-refractivity contribution is 6.55. The first-order valence-electron chi connectivity index (χ1n) is 7.72. The van der Waals surface area contributed by atoms with Crippen molar-refractivity contribution < 1.29 is 9.53 Å². The fraction of sp³-hybridized carbons (Fsp3) is 0.278. The summed E-state index contributed by atoms with van der Waals surface area (Å²) in [6.45, 7) is 2.00. The van der Waals surface area contributed by atoms with E-state index >= 15 is 0 Å². The first kappa shape index (κ1) is 21.9. The number of hydrogen-bond donors (Lipinski definition) is 0. The maximum Gasteiger partial charge on any atom is 0.337 e. The minimum atomic E-state index is -1.40. The molecule has 1 atom stereocenters. The van der Waals surface area contributed by atoms with E-state index < -0.39 is 10.8 Å². The van der Waals surface area contributed by atoms with E-state index in [0.29, 0.717) is 12.0 Å². The summed E-state index contributed by atoms with van der Waals surface area (Å²) in [4.78, 5) is 11.6. The summed E-state index contributed by atoms with van der Waals surface area (Å²) in [5.41, 5.74) is 0.610. The molecule has 0 spiro atoms. The van der Waals surface area contributed by atoms with Gasteiger partial charge in [-0.15, -0.1) is 11.6 Å². The number of benzene rings is 2. The first-order valence-corrected chi connectivity index (χ1v) is 9.99. The summed E-state index contributed by atoms with van der Waals surface area (Å²) < 4.78 is 5.45. The molecule has 2 nitrogen and oxygen atoms in total. The third-order valence-corrected chi connectivity index (χ3v) is 6.60. The smallest absolute Gasteiger partial charge is 0.337 e. The average Bonchev–Trinajstić information content (AvgIpc) is 2.66. The molecule has 0 saturated carbocycles. The molecule has 0 aliphatic heterocycles. The lowest BCUT2D eigenvalue weighted by molar-refractivity contribution is -0.138. The molecule has 2 aromatic carbocycles. The van der Waals surface area contributed by atoms with Crippen LogP contribution in [0.1, 0.15) is 31.7 Å². The maximum absolute atomic E-state index is 13.0. The number of halogens is 6. The molecule has 8 heteroatoms. The van der Waals surface area contributed by atoms with Crippen molar-refractivity contribution >= 4 is 75.6 Å². The van der Waals surface area contributed by atoms with E-state index in [2.05, 4.69) is 0 Å². The Bertz CT molecular complexity index is 780. The van der Waals surface area contributed by atoms with E-state index in [1.165, 1.54) is 0 Å². The van der Waals surface area contributed by atoms with Crippen molar-refractivity contribution in [2.75, 3.05) is 0 Å². The molecule has 26 heavy (non-hydrogen) atoms. The van der Waals surface area contributed by atoms with Crippen LogP contribution >= 0.6 is 69.6 Å². The molecule has 2 aromatic rings. The zero-order chi connectivity index (χ0) is 19.5. The molecule has 0 aliphatic rings. The van der Waals surface area contributed by atoms with Crippen LogP contribution in [-0.2, 0) is 9.67 Å². The van der Waals surface area contributed by atoms with Crippen LogP contribution in [0.2, 0.25) is 25.1 Å². The molecule has 0 bridgehead atoms. The van der Waals surface area contributed by atoms with E-state index in [4.69, 9.17) is 74.3 Å². The Balaban J connectivity index is 2.46. The van der Waals surface area contributed by atoms with Crippen molar-refractivity contribution in [2.45, 2.75) is 31.1 Å². The number of carbonyl (C=O) groups excluding carboxylic acids is 1. The van der Waals surface area contributed by atoms with E-state index in [0.717, 1.165) is 12.8 Å². The van der Waals surface area contributed by atoms with Crippen molar-refractivity contribution in [3.05, 3.63) is 61.0 Å². The van der Waals surface area contributed by atoms with Gasteiger partial charge in [0.2, 0.25) is 0 Å². The largest absolute Gasteiger partial charge is 0.422 e. The van der Waals surface area contributed by atoms with E-state index in [1.807, 2.05) is 13.0 Å². The van der Waals surface area contributed by atoms with E-state index in [1.54, 1.807) is 24.3 Å². The molecule has 0 fully saturated rings. The fourth-order valence-corrected chi connectivity index (χ4v) is 3.83. The Morgan fingerprint density at radius 1 is 0.923 bits per heavy atom. The summed E-state index contributed by atoms with van der Waals surface area (Å²) in [6, 6.07) is 8.94. The van der Waals surface area contributed by atoms with Crippen LogP contribution < -0.4 is 4.74 Å². The average molecular weight is 475 g/mol. The monoisotopic (exact) mass is 472 g/mol. The number of unbranched alkanes of at least 4 members (excludes halogenated alkanes) is 1. The number of hydrogen-bond acceptors (Lipinski definition) is 2. The van der Waals surface area contributed by atoms with Crippen molar-refractivity contribution in [3.63, 3.8) is 0 Å². The number of esters is 1. The lowest BCUT2D eigenvalue weighted by Crippen LogP contribution is -2.34.